The van der Waals surface area contributed by atoms with Gasteiger partial charge in [0.05, 0.1) is 6.04 Å². The molecule has 0 bridgehead atoms. The van der Waals surface area contributed by atoms with Gasteiger partial charge in [-0.25, -0.2) is 9.37 Å². The van der Waals surface area contributed by atoms with Gasteiger partial charge in [0.1, 0.15) is 11.6 Å². The van der Waals surface area contributed by atoms with Crippen molar-refractivity contribution < 1.29 is 9.18 Å². The summed E-state index contributed by atoms with van der Waals surface area (Å²) in [4.78, 5) is 18.6. The molecule has 2 heterocycles. The molecule has 0 fully saturated rings. The van der Waals surface area contributed by atoms with Crippen LogP contribution >= 0.6 is 0 Å². The minimum absolute atomic E-state index is 0.0151. The Hall–Kier alpha value is -2.43. The third kappa shape index (κ3) is 3.23. The fourth-order valence-electron chi connectivity index (χ4n) is 3.86. The molecule has 5 heteroatoms. The number of hydrogen-bond acceptors (Lipinski definition) is 3. The SMILES string of the molecule is CC[C@H]1[C@H](C)[C@@H](Nc2cccc(C)n2)c2cc(F)ccc2N1C(C)=O. The van der Waals surface area contributed by atoms with Crippen LogP contribution in [0.2, 0.25) is 0 Å². The van der Waals surface area contributed by atoms with Crippen molar-refractivity contribution in [2.24, 2.45) is 5.92 Å². The molecule has 1 aromatic carbocycles. The largest absolute Gasteiger partial charge is 0.363 e. The van der Waals surface area contributed by atoms with Crippen LogP contribution in [-0.2, 0) is 4.79 Å². The Morgan fingerprint density at radius 1 is 1.32 bits per heavy atom. The van der Waals surface area contributed by atoms with Crippen molar-refractivity contribution in [1.29, 1.82) is 0 Å². The fraction of sp³-hybridized carbons (Fsp3) is 0.400. The predicted octanol–water partition coefficient (Wildman–Crippen LogP) is 4.46. The van der Waals surface area contributed by atoms with Gasteiger partial charge in [-0.05, 0) is 43.7 Å². The first kappa shape index (κ1) is 17.4. The zero-order valence-electron chi connectivity index (χ0n) is 15.1. The Kier molecular flexibility index (Phi) is 4.75. The summed E-state index contributed by atoms with van der Waals surface area (Å²) in [5.74, 6) is 0.566. The van der Waals surface area contributed by atoms with Gasteiger partial charge in [-0.2, -0.15) is 0 Å². The molecule has 0 radical (unpaired) electrons. The Bertz CT molecular complexity index is 792. The number of fused-ring (bicyclic) bond motifs is 1. The number of rotatable bonds is 3. The number of amides is 1. The molecule has 3 atom stereocenters. The lowest BCUT2D eigenvalue weighted by Crippen LogP contribution is -2.49. The molecule has 4 nitrogen and oxygen atoms in total. The summed E-state index contributed by atoms with van der Waals surface area (Å²) in [6.45, 7) is 7.69. The van der Waals surface area contributed by atoms with Crippen LogP contribution < -0.4 is 10.2 Å². The van der Waals surface area contributed by atoms with E-state index in [4.69, 9.17) is 0 Å². The van der Waals surface area contributed by atoms with Crippen molar-refractivity contribution in [3.8, 4) is 0 Å². The van der Waals surface area contributed by atoms with Crippen LogP contribution in [0, 0.1) is 18.7 Å². The number of aryl methyl sites for hydroxylation is 1. The monoisotopic (exact) mass is 341 g/mol. The first-order valence-electron chi connectivity index (χ1n) is 8.71. The number of nitrogens with one attached hydrogen (secondary N) is 1. The quantitative estimate of drug-likeness (QED) is 0.896. The zero-order chi connectivity index (χ0) is 18.1. The molecule has 1 aliphatic rings. The average Bonchev–Trinajstić information content (AvgIpc) is 2.56. The molecule has 0 saturated carbocycles. The van der Waals surface area contributed by atoms with Gasteiger partial charge in [-0.15, -0.1) is 0 Å². The second-order valence-electron chi connectivity index (χ2n) is 6.71. The summed E-state index contributed by atoms with van der Waals surface area (Å²) >= 11 is 0. The first-order chi connectivity index (χ1) is 11.9. The van der Waals surface area contributed by atoms with Crippen molar-refractivity contribution in [3.63, 3.8) is 0 Å². The lowest BCUT2D eigenvalue weighted by atomic mass is 9.81. The molecule has 1 amide bonds. The molecule has 1 aliphatic heterocycles. The van der Waals surface area contributed by atoms with Crippen molar-refractivity contribution in [3.05, 3.63) is 53.5 Å². The third-order valence-corrected chi connectivity index (χ3v) is 5.00. The number of pyridine rings is 1. The van der Waals surface area contributed by atoms with Crippen molar-refractivity contribution >= 4 is 17.4 Å². The van der Waals surface area contributed by atoms with Crippen LogP contribution in [0.25, 0.3) is 0 Å². The predicted molar refractivity (Wildman–Crippen MR) is 98.1 cm³/mol. The van der Waals surface area contributed by atoms with Gasteiger partial charge in [0.15, 0.2) is 0 Å². The van der Waals surface area contributed by atoms with E-state index in [1.165, 1.54) is 12.1 Å². The molecule has 3 rings (SSSR count). The van der Waals surface area contributed by atoms with Crippen LogP contribution in [0.5, 0.6) is 0 Å². The van der Waals surface area contributed by atoms with Gasteiger partial charge in [0, 0.05) is 35.8 Å². The lowest BCUT2D eigenvalue weighted by molar-refractivity contribution is -0.117. The van der Waals surface area contributed by atoms with Gasteiger partial charge >= 0.3 is 0 Å². The second-order valence-corrected chi connectivity index (χ2v) is 6.71. The smallest absolute Gasteiger partial charge is 0.224 e. The number of halogens is 1. The molecule has 1 N–H and O–H groups in total. The number of hydrogen-bond donors (Lipinski definition) is 1. The van der Waals surface area contributed by atoms with E-state index in [-0.39, 0.29) is 29.7 Å². The number of carbonyl (C=O) groups excluding carboxylic acids is 1. The Balaban J connectivity index is 2.09. The van der Waals surface area contributed by atoms with Crippen molar-refractivity contribution in [2.75, 3.05) is 10.2 Å². The topological polar surface area (TPSA) is 45.2 Å². The number of aromatic nitrogens is 1. The minimum atomic E-state index is -0.298. The van der Waals surface area contributed by atoms with Crippen molar-refractivity contribution in [2.45, 2.75) is 46.2 Å². The molecule has 0 spiro atoms. The van der Waals surface area contributed by atoms with Gasteiger partial charge in [0.2, 0.25) is 5.91 Å². The van der Waals surface area contributed by atoms with E-state index in [1.54, 1.807) is 17.9 Å². The van der Waals surface area contributed by atoms with Crippen LogP contribution in [0.15, 0.2) is 36.4 Å². The highest BCUT2D eigenvalue weighted by Crippen LogP contribution is 2.43. The van der Waals surface area contributed by atoms with E-state index in [0.717, 1.165) is 29.2 Å². The standard InChI is InChI=1S/C20H24FN3O/c1-5-17-13(3)20(23-19-8-6-7-12(2)22-19)16-11-15(21)9-10-18(16)24(17)14(4)25/h6-11,13,17,20H,5H2,1-4H3,(H,22,23)/t13-,17-,20+/m0/s1. The Labute approximate surface area is 148 Å². The molecule has 132 valence electrons. The van der Waals surface area contributed by atoms with E-state index in [1.807, 2.05) is 25.1 Å². The van der Waals surface area contributed by atoms with E-state index in [9.17, 15) is 9.18 Å². The lowest BCUT2D eigenvalue weighted by Gasteiger charge is -2.45. The van der Waals surface area contributed by atoms with Gasteiger partial charge in [0.25, 0.3) is 0 Å². The third-order valence-electron chi connectivity index (χ3n) is 5.00. The molecule has 0 unspecified atom stereocenters. The van der Waals surface area contributed by atoms with Crippen LogP contribution in [0.1, 0.15) is 44.5 Å². The second kappa shape index (κ2) is 6.82. The van der Waals surface area contributed by atoms with E-state index in [2.05, 4.69) is 24.1 Å². The average molecular weight is 341 g/mol. The number of nitrogens with zero attached hydrogens (tertiary/aromatic N) is 2. The molecular formula is C20H24FN3O. The maximum absolute atomic E-state index is 14.0. The van der Waals surface area contributed by atoms with Gasteiger partial charge in [-0.3, -0.25) is 4.79 Å². The summed E-state index contributed by atoms with van der Waals surface area (Å²) in [5, 5.41) is 3.46. The number of benzene rings is 1. The van der Waals surface area contributed by atoms with Gasteiger partial charge < -0.3 is 10.2 Å². The van der Waals surface area contributed by atoms with Crippen molar-refractivity contribution in [1.82, 2.24) is 4.98 Å². The Morgan fingerprint density at radius 2 is 2.08 bits per heavy atom. The Morgan fingerprint density at radius 3 is 2.72 bits per heavy atom. The first-order valence-corrected chi connectivity index (χ1v) is 8.71. The molecule has 25 heavy (non-hydrogen) atoms. The molecule has 0 aliphatic carbocycles. The zero-order valence-corrected chi connectivity index (χ0v) is 15.1. The van der Waals surface area contributed by atoms with Crippen LogP contribution in [0.4, 0.5) is 15.9 Å². The van der Waals surface area contributed by atoms with E-state index in [0.29, 0.717) is 0 Å². The molecular weight excluding hydrogens is 317 g/mol. The highest BCUT2D eigenvalue weighted by atomic mass is 19.1. The summed E-state index contributed by atoms with van der Waals surface area (Å²) in [6, 6.07) is 10.4. The summed E-state index contributed by atoms with van der Waals surface area (Å²) < 4.78 is 14.0. The fourth-order valence-corrected chi connectivity index (χ4v) is 3.86. The maximum atomic E-state index is 14.0. The number of anilines is 2. The molecule has 0 saturated heterocycles. The summed E-state index contributed by atoms with van der Waals surface area (Å²) in [5.41, 5.74) is 2.50. The number of carbonyl (C=O) groups is 1. The van der Waals surface area contributed by atoms with Gasteiger partial charge in [-0.1, -0.05) is 19.9 Å². The molecule has 1 aromatic heterocycles. The maximum Gasteiger partial charge on any atom is 0.224 e. The van der Waals surface area contributed by atoms with E-state index < -0.39 is 0 Å². The highest BCUT2D eigenvalue weighted by Gasteiger charge is 2.39. The summed E-state index contributed by atoms with van der Waals surface area (Å²) in [7, 11) is 0. The summed E-state index contributed by atoms with van der Waals surface area (Å²) in [6.07, 6.45) is 0.830. The van der Waals surface area contributed by atoms with E-state index >= 15 is 0 Å². The highest BCUT2D eigenvalue weighted by molar-refractivity contribution is 5.94. The normalized spacial score (nSPS) is 22.4. The van der Waals surface area contributed by atoms with Crippen LogP contribution in [-0.4, -0.2) is 16.9 Å². The van der Waals surface area contributed by atoms with Crippen LogP contribution in [0.3, 0.4) is 0 Å². The molecule has 2 aromatic rings. The minimum Gasteiger partial charge on any atom is -0.363 e.